The summed E-state index contributed by atoms with van der Waals surface area (Å²) in [5.41, 5.74) is 0.356. The third-order valence-electron chi connectivity index (χ3n) is 2.18. The molecular weight excluding hydrogens is 152 g/mol. The van der Waals surface area contributed by atoms with E-state index in [4.69, 9.17) is 4.74 Å². The van der Waals surface area contributed by atoms with Crippen LogP contribution in [-0.2, 0) is 9.53 Å². The van der Waals surface area contributed by atoms with E-state index < -0.39 is 0 Å². The van der Waals surface area contributed by atoms with E-state index in [0.29, 0.717) is 11.8 Å². The van der Waals surface area contributed by atoms with Gasteiger partial charge in [-0.15, -0.1) is 0 Å². The lowest BCUT2D eigenvalue weighted by molar-refractivity contribution is -0.141. The normalized spacial score (nSPS) is 24.2. The molecule has 0 amide bonds. The summed E-state index contributed by atoms with van der Waals surface area (Å²) in [5.74, 6) is -0.0195. The maximum atomic E-state index is 10.8. The third-order valence-corrected chi connectivity index (χ3v) is 2.18. The SMILES string of the molecule is CC(C)(C)CCC1CCC(=O)O1. The first-order valence-electron chi connectivity index (χ1n) is 4.67. The van der Waals surface area contributed by atoms with E-state index in [1.54, 1.807) is 0 Å². The molecule has 0 bridgehead atoms. The molecular formula is C10H18O2. The quantitative estimate of drug-likeness (QED) is 0.595. The Labute approximate surface area is 74.3 Å². The monoisotopic (exact) mass is 170 g/mol. The average molecular weight is 170 g/mol. The van der Waals surface area contributed by atoms with Gasteiger partial charge >= 0.3 is 5.97 Å². The van der Waals surface area contributed by atoms with E-state index in [1.807, 2.05) is 0 Å². The molecule has 1 saturated heterocycles. The number of esters is 1. The van der Waals surface area contributed by atoms with Gasteiger partial charge in [-0.1, -0.05) is 20.8 Å². The van der Waals surface area contributed by atoms with Gasteiger partial charge in [0, 0.05) is 6.42 Å². The summed E-state index contributed by atoms with van der Waals surface area (Å²) in [4.78, 5) is 10.8. The van der Waals surface area contributed by atoms with Crippen molar-refractivity contribution in [3.05, 3.63) is 0 Å². The van der Waals surface area contributed by atoms with Crippen molar-refractivity contribution in [1.82, 2.24) is 0 Å². The summed E-state index contributed by atoms with van der Waals surface area (Å²) in [7, 11) is 0. The molecule has 1 heterocycles. The Hall–Kier alpha value is -0.530. The molecule has 0 aromatic heterocycles. The third kappa shape index (κ3) is 3.24. The van der Waals surface area contributed by atoms with Crippen molar-refractivity contribution >= 4 is 5.97 Å². The first-order chi connectivity index (χ1) is 5.47. The van der Waals surface area contributed by atoms with Gasteiger partial charge in [0.05, 0.1) is 0 Å². The van der Waals surface area contributed by atoms with E-state index in [0.717, 1.165) is 19.3 Å². The summed E-state index contributed by atoms with van der Waals surface area (Å²) >= 11 is 0. The number of hydrogen-bond acceptors (Lipinski definition) is 2. The van der Waals surface area contributed by atoms with E-state index in [2.05, 4.69) is 20.8 Å². The molecule has 2 nitrogen and oxygen atoms in total. The molecule has 0 radical (unpaired) electrons. The van der Waals surface area contributed by atoms with Crippen LogP contribution in [0.15, 0.2) is 0 Å². The van der Waals surface area contributed by atoms with Gasteiger partial charge in [-0.25, -0.2) is 0 Å². The molecule has 0 aromatic carbocycles. The Kier molecular flexibility index (Phi) is 2.76. The lowest BCUT2D eigenvalue weighted by atomic mass is 9.89. The second kappa shape index (κ2) is 3.46. The van der Waals surface area contributed by atoms with Gasteiger partial charge in [0.2, 0.25) is 0 Å². The van der Waals surface area contributed by atoms with Crippen LogP contribution >= 0.6 is 0 Å². The van der Waals surface area contributed by atoms with Gasteiger partial charge in [0.15, 0.2) is 0 Å². The van der Waals surface area contributed by atoms with Gasteiger partial charge in [0.1, 0.15) is 6.10 Å². The minimum atomic E-state index is -0.0195. The zero-order valence-electron chi connectivity index (χ0n) is 8.22. The van der Waals surface area contributed by atoms with Crippen molar-refractivity contribution < 1.29 is 9.53 Å². The fourth-order valence-electron chi connectivity index (χ4n) is 1.38. The molecule has 0 saturated carbocycles. The highest BCUT2D eigenvalue weighted by Crippen LogP contribution is 2.26. The van der Waals surface area contributed by atoms with E-state index in [9.17, 15) is 4.79 Å². The molecule has 1 aliphatic heterocycles. The Morgan fingerprint density at radius 2 is 2.17 bits per heavy atom. The molecule has 0 N–H and O–H groups in total. The number of cyclic esters (lactones) is 1. The number of ether oxygens (including phenoxy) is 1. The predicted octanol–water partition coefficient (Wildman–Crippen LogP) is 2.52. The van der Waals surface area contributed by atoms with Crippen LogP contribution in [-0.4, -0.2) is 12.1 Å². The second-order valence-electron chi connectivity index (χ2n) is 4.75. The topological polar surface area (TPSA) is 26.3 Å². The van der Waals surface area contributed by atoms with Crippen molar-refractivity contribution in [2.75, 3.05) is 0 Å². The van der Waals surface area contributed by atoms with Crippen molar-refractivity contribution in [1.29, 1.82) is 0 Å². The lowest BCUT2D eigenvalue weighted by Crippen LogP contribution is -2.12. The molecule has 0 aliphatic carbocycles. The molecule has 0 aromatic rings. The fraction of sp³-hybridized carbons (Fsp3) is 0.900. The van der Waals surface area contributed by atoms with Crippen LogP contribution in [0.3, 0.4) is 0 Å². The molecule has 1 aliphatic rings. The molecule has 0 spiro atoms. The van der Waals surface area contributed by atoms with Crippen LogP contribution in [0.1, 0.15) is 46.5 Å². The molecule has 1 atom stereocenters. The molecule has 1 rings (SSSR count). The highest BCUT2D eigenvalue weighted by Gasteiger charge is 2.24. The van der Waals surface area contributed by atoms with Gasteiger partial charge in [0.25, 0.3) is 0 Å². The van der Waals surface area contributed by atoms with Crippen LogP contribution in [0.5, 0.6) is 0 Å². The highest BCUT2D eigenvalue weighted by molar-refractivity contribution is 5.71. The summed E-state index contributed by atoms with van der Waals surface area (Å²) in [5, 5.41) is 0. The number of carbonyl (C=O) groups is 1. The molecule has 1 unspecified atom stereocenters. The number of carbonyl (C=O) groups excluding carboxylic acids is 1. The van der Waals surface area contributed by atoms with Crippen molar-refractivity contribution in [2.45, 2.75) is 52.6 Å². The van der Waals surface area contributed by atoms with Crippen LogP contribution in [0, 0.1) is 5.41 Å². The zero-order valence-corrected chi connectivity index (χ0v) is 8.22. The van der Waals surface area contributed by atoms with Gasteiger partial charge < -0.3 is 4.74 Å². The molecule has 70 valence electrons. The molecule has 2 heteroatoms. The Bertz CT molecular complexity index is 167. The first kappa shape index (κ1) is 9.56. The standard InChI is InChI=1S/C10H18O2/c1-10(2,3)7-6-8-4-5-9(11)12-8/h8H,4-7H2,1-3H3. The molecule has 1 fully saturated rings. The summed E-state index contributed by atoms with van der Waals surface area (Å²) in [6.07, 6.45) is 3.90. The fourth-order valence-corrected chi connectivity index (χ4v) is 1.38. The second-order valence-corrected chi connectivity index (χ2v) is 4.75. The predicted molar refractivity (Wildman–Crippen MR) is 47.8 cm³/mol. The van der Waals surface area contributed by atoms with Crippen molar-refractivity contribution in [2.24, 2.45) is 5.41 Å². The van der Waals surface area contributed by atoms with Crippen LogP contribution < -0.4 is 0 Å². The molecule has 12 heavy (non-hydrogen) atoms. The highest BCUT2D eigenvalue weighted by atomic mass is 16.5. The van der Waals surface area contributed by atoms with E-state index in [1.165, 1.54) is 0 Å². The largest absolute Gasteiger partial charge is 0.462 e. The van der Waals surface area contributed by atoms with Crippen LogP contribution in [0.4, 0.5) is 0 Å². The zero-order chi connectivity index (χ0) is 9.19. The Balaban J connectivity index is 2.20. The van der Waals surface area contributed by atoms with Crippen LogP contribution in [0.2, 0.25) is 0 Å². The van der Waals surface area contributed by atoms with Crippen molar-refractivity contribution in [3.8, 4) is 0 Å². The maximum Gasteiger partial charge on any atom is 0.306 e. The average Bonchev–Trinajstić information content (AvgIpc) is 2.30. The Morgan fingerprint density at radius 1 is 1.50 bits per heavy atom. The Morgan fingerprint density at radius 3 is 2.58 bits per heavy atom. The van der Waals surface area contributed by atoms with E-state index in [-0.39, 0.29) is 12.1 Å². The van der Waals surface area contributed by atoms with Gasteiger partial charge in [-0.2, -0.15) is 0 Å². The first-order valence-corrected chi connectivity index (χ1v) is 4.67. The number of rotatable bonds is 2. The summed E-state index contributed by atoms with van der Waals surface area (Å²) < 4.78 is 5.12. The van der Waals surface area contributed by atoms with Gasteiger partial charge in [-0.05, 0) is 24.7 Å². The minimum Gasteiger partial charge on any atom is -0.462 e. The van der Waals surface area contributed by atoms with E-state index >= 15 is 0 Å². The van der Waals surface area contributed by atoms with Crippen molar-refractivity contribution in [3.63, 3.8) is 0 Å². The number of hydrogen-bond donors (Lipinski definition) is 0. The van der Waals surface area contributed by atoms with Crippen LogP contribution in [0.25, 0.3) is 0 Å². The lowest BCUT2D eigenvalue weighted by Gasteiger charge is -2.19. The maximum absolute atomic E-state index is 10.8. The van der Waals surface area contributed by atoms with Gasteiger partial charge in [-0.3, -0.25) is 4.79 Å². The minimum absolute atomic E-state index is 0.0195. The summed E-state index contributed by atoms with van der Waals surface area (Å²) in [6.45, 7) is 6.64. The summed E-state index contributed by atoms with van der Waals surface area (Å²) in [6, 6.07) is 0. The smallest absolute Gasteiger partial charge is 0.306 e.